The third-order valence-corrected chi connectivity index (χ3v) is 5.78. The molecule has 3 N–H and O–H groups in total. The molecule has 0 aromatic rings. The number of hydrogen-bond acceptors (Lipinski definition) is 5. The van der Waals surface area contributed by atoms with Gasteiger partial charge in [-0.05, 0) is 6.42 Å². The number of hydrogen-bond donors (Lipinski definition) is 2. The summed E-state index contributed by atoms with van der Waals surface area (Å²) in [7, 11) is 7.38. The lowest BCUT2D eigenvalue weighted by Gasteiger charge is -2.20. The molecule has 0 aliphatic carbocycles. The van der Waals surface area contributed by atoms with E-state index in [1.165, 1.54) is 77.7 Å². The van der Waals surface area contributed by atoms with Crippen LogP contribution in [0.1, 0.15) is 96.8 Å². The van der Waals surface area contributed by atoms with E-state index >= 15 is 0 Å². The van der Waals surface area contributed by atoms with Gasteiger partial charge in [0.1, 0.15) is 26.2 Å². The largest absolute Gasteiger partial charge is 0.377 e. The van der Waals surface area contributed by atoms with E-state index < -0.39 is 24.3 Å². The Labute approximate surface area is 179 Å². The Bertz CT molecular complexity index is 414. The van der Waals surface area contributed by atoms with Crippen molar-refractivity contribution in [3.63, 3.8) is 0 Å². The van der Waals surface area contributed by atoms with Gasteiger partial charge in [0.15, 0.2) is 0 Å². The molecule has 1 amide bonds. The number of ether oxygens (including phenoxy) is 2. The topological polar surface area (TPSA) is 82.8 Å². The van der Waals surface area contributed by atoms with Gasteiger partial charge in [0.05, 0.1) is 0 Å². The number of nitrogens with one attached hydrogen (secondary N) is 1. The van der Waals surface area contributed by atoms with Gasteiger partial charge < -0.3 is 14.8 Å². The van der Waals surface area contributed by atoms with Gasteiger partial charge in [-0.2, -0.15) is 0 Å². The number of methoxy groups -OCH3 is 1. The number of rotatable bonds is 18. The second-order valence-corrected chi connectivity index (χ2v) is 8.24. The Morgan fingerprint density at radius 3 is 1.93 bits per heavy atom. The van der Waals surface area contributed by atoms with E-state index in [1.54, 1.807) is 0 Å². The van der Waals surface area contributed by atoms with Crippen LogP contribution in [-0.4, -0.2) is 51.7 Å². The Morgan fingerprint density at radius 1 is 0.931 bits per heavy atom. The van der Waals surface area contributed by atoms with E-state index in [-0.39, 0.29) is 5.91 Å². The lowest BCUT2D eigenvalue weighted by atomic mass is 9.93. The van der Waals surface area contributed by atoms with Crippen molar-refractivity contribution in [1.82, 2.24) is 5.32 Å². The van der Waals surface area contributed by atoms with Crippen LogP contribution in [0.2, 0.25) is 0 Å². The maximum absolute atomic E-state index is 12.0. The summed E-state index contributed by atoms with van der Waals surface area (Å²) in [6.45, 7) is 2.59. The van der Waals surface area contributed by atoms with E-state index in [0.717, 1.165) is 12.8 Å². The van der Waals surface area contributed by atoms with Crippen molar-refractivity contribution in [2.45, 2.75) is 121 Å². The van der Waals surface area contributed by atoms with Crippen molar-refractivity contribution in [2.24, 2.45) is 5.90 Å². The van der Waals surface area contributed by atoms with E-state index in [9.17, 15) is 4.79 Å². The summed E-state index contributed by atoms with van der Waals surface area (Å²) in [6, 6.07) is -0.600. The third kappa shape index (κ3) is 11.4. The van der Waals surface area contributed by atoms with Gasteiger partial charge in [0.2, 0.25) is 5.91 Å². The molecule has 2 radical (unpaired) electrons. The molecule has 7 heteroatoms. The van der Waals surface area contributed by atoms with Crippen LogP contribution in [0.25, 0.3) is 0 Å². The summed E-state index contributed by atoms with van der Waals surface area (Å²) in [5.74, 6) is 5.35. The highest BCUT2D eigenvalue weighted by molar-refractivity contribution is 6.11. The Hall–Kier alpha value is -0.625. The van der Waals surface area contributed by atoms with Crippen LogP contribution in [0.4, 0.5) is 0 Å². The van der Waals surface area contributed by atoms with Crippen LogP contribution in [0.5, 0.6) is 0 Å². The van der Waals surface area contributed by atoms with Gasteiger partial charge in [-0.15, -0.1) is 0 Å². The van der Waals surface area contributed by atoms with E-state index in [0.29, 0.717) is 13.0 Å². The number of nitrogens with two attached hydrogens (primary N) is 1. The molecule has 0 bridgehead atoms. The van der Waals surface area contributed by atoms with Crippen molar-refractivity contribution >= 4 is 13.8 Å². The summed E-state index contributed by atoms with van der Waals surface area (Å²) in [5, 5.41) is 2.89. The standard InChI is InChI=1S/C22H43BN2O4/c1-3-4-5-6-7-8-9-10-11-12-13-14-15-16-19(26)25-17-18-20(29-24)21(27-2)22(23)28-18/h18,20-22H,3-17,24H2,1-2H3,(H,25,26). The summed E-state index contributed by atoms with van der Waals surface area (Å²) >= 11 is 0. The normalized spacial score (nSPS) is 24.1. The van der Waals surface area contributed by atoms with Crippen LogP contribution < -0.4 is 11.2 Å². The zero-order chi connectivity index (χ0) is 21.3. The van der Waals surface area contributed by atoms with Gasteiger partial charge in [-0.1, -0.05) is 84.0 Å². The van der Waals surface area contributed by atoms with Gasteiger partial charge in [0.25, 0.3) is 0 Å². The average molecular weight is 410 g/mol. The minimum atomic E-state index is -0.600. The SMILES string of the molecule is [B]C1OC(CNC(=O)CCCCCCCCCCCCCCC)C(ON)C1OC. The fourth-order valence-corrected chi connectivity index (χ4v) is 3.96. The monoisotopic (exact) mass is 410 g/mol. The fraction of sp³-hybridized carbons (Fsp3) is 0.955. The lowest BCUT2D eigenvalue weighted by molar-refractivity contribution is -0.122. The molecule has 0 spiro atoms. The molecule has 1 rings (SSSR count). The molecule has 1 fully saturated rings. The molecule has 168 valence electrons. The molecule has 4 atom stereocenters. The van der Waals surface area contributed by atoms with Crippen molar-refractivity contribution in [3.8, 4) is 0 Å². The fourth-order valence-electron chi connectivity index (χ4n) is 3.96. The van der Waals surface area contributed by atoms with E-state index in [2.05, 4.69) is 12.2 Å². The molecular weight excluding hydrogens is 367 g/mol. The third-order valence-electron chi connectivity index (χ3n) is 5.78. The second kappa shape index (κ2) is 17.1. The Morgan fingerprint density at radius 2 is 1.45 bits per heavy atom. The first-order chi connectivity index (χ1) is 14.1. The molecule has 1 aliphatic heterocycles. The van der Waals surface area contributed by atoms with E-state index in [1.807, 2.05) is 0 Å². The number of carbonyl (C=O) groups is 1. The summed E-state index contributed by atoms with van der Waals surface area (Å²) in [4.78, 5) is 17.0. The summed E-state index contributed by atoms with van der Waals surface area (Å²) in [5.41, 5.74) is 0. The van der Waals surface area contributed by atoms with Crippen LogP contribution in [0.3, 0.4) is 0 Å². The molecule has 1 aliphatic rings. The molecule has 29 heavy (non-hydrogen) atoms. The van der Waals surface area contributed by atoms with Crippen molar-refractivity contribution in [2.75, 3.05) is 13.7 Å². The van der Waals surface area contributed by atoms with Crippen LogP contribution in [0.15, 0.2) is 0 Å². The average Bonchev–Trinajstić information content (AvgIpc) is 3.04. The Balaban J connectivity index is 1.93. The molecule has 0 aromatic heterocycles. The van der Waals surface area contributed by atoms with Crippen LogP contribution in [0, 0.1) is 0 Å². The molecule has 1 heterocycles. The highest BCUT2D eigenvalue weighted by atomic mass is 16.7. The predicted octanol–water partition coefficient (Wildman–Crippen LogP) is 3.75. The Kier molecular flexibility index (Phi) is 15.6. The minimum absolute atomic E-state index is 0.0295. The van der Waals surface area contributed by atoms with Crippen LogP contribution >= 0.6 is 0 Å². The number of carbonyl (C=O) groups excluding carboxylic acids is 1. The predicted molar refractivity (Wildman–Crippen MR) is 118 cm³/mol. The first-order valence-electron chi connectivity index (χ1n) is 11.7. The first-order valence-corrected chi connectivity index (χ1v) is 11.7. The lowest BCUT2D eigenvalue weighted by Crippen LogP contribution is -2.43. The van der Waals surface area contributed by atoms with Gasteiger partial charge in [0, 0.05) is 26.1 Å². The molecule has 6 nitrogen and oxygen atoms in total. The summed E-state index contributed by atoms with van der Waals surface area (Å²) < 4.78 is 10.8. The van der Waals surface area contributed by atoms with Gasteiger partial charge in [-0.3, -0.25) is 9.63 Å². The van der Waals surface area contributed by atoms with Crippen molar-refractivity contribution in [1.29, 1.82) is 0 Å². The zero-order valence-corrected chi connectivity index (χ0v) is 18.7. The number of amides is 1. The van der Waals surface area contributed by atoms with Gasteiger partial charge >= 0.3 is 0 Å². The van der Waals surface area contributed by atoms with Crippen molar-refractivity contribution in [3.05, 3.63) is 0 Å². The highest BCUT2D eigenvalue weighted by Gasteiger charge is 2.43. The first kappa shape index (κ1) is 26.4. The maximum Gasteiger partial charge on any atom is 0.220 e. The molecule has 0 saturated carbocycles. The van der Waals surface area contributed by atoms with Crippen molar-refractivity contribution < 1.29 is 19.1 Å². The second-order valence-electron chi connectivity index (χ2n) is 8.24. The molecule has 0 aromatic carbocycles. The van der Waals surface area contributed by atoms with Crippen LogP contribution in [-0.2, 0) is 19.1 Å². The zero-order valence-electron chi connectivity index (χ0n) is 18.7. The quantitative estimate of drug-likeness (QED) is 0.204. The van der Waals surface area contributed by atoms with Gasteiger partial charge in [-0.25, -0.2) is 5.90 Å². The molecular formula is C22H43BN2O4. The maximum atomic E-state index is 12.0. The van der Waals surface area contributed by atoms with E-state index in [4.69, 9.17) is 28.1 Å². The summed E-state index contributed by atoms with van der Waals surface area (Å²) in [6.07, 6.45) is 16.1. The number of unbranched alkanes of at least 4 members (excludes halogenated alkanes) is 12. The minimum Gasteiger partial charge on any atom is -0.377 e. The smallest absolute Gasteiger partial charge is 0.220 e. The molecule has 1 saturated heterocycles. The highest BCUT2D eigenvalue weighted by Crippen LogP contribution is 2.23. The molecule has 4 unspecified atom stereocenters.